The van der Waals surface area contributed by atoms with Crippen LogP contribution in [0.3, 0.4) is 0 Å². The molecular weight excluding hydrogens is 250 g/mol. The molecule has 19 heavy (non-hydrogen) atoms. The summed E-state index contributed by atoms with van der Waals surface area (Å²) in [7, 11) is 2.13. The van der Waals surface area contributed by atoms with E-state index in [1.54, 1.807) is 11.1 Å². The highest BCUT2D eigenvalue weighted by Crippen LogP contribution is 2.41. The molecule has 1 fully saturated rings. The Hall–Kier alpha value is -0.470. The summed E-state index contributed by atoms with van der Waals surface area (Å²) in [6, 6.07) is 9.55. The molecule has 2 atom stereocenters. The lowest BCUT2D eigenvalue weighted by molar-refractivity contribution is 0.490. The van der Waals surface area contributed by atoms with E-state index >= 15 is 0 Å². The second-order valence-electron chi connectivity index (χ2n) is 5.94. The van der Waals surface area contributed by atoms with Crippen molar-refractivity contribution in [3.05, 3.63) is 35.4 Å². The Morgan fingerprint density at radius 1 is 1.05 bits per heavy atom. The lowest BCUT2D eigenvalue weighted by Gasteiger charge is -2.36. The maximum absolute atomic E-state index is 3.58. The first kappa shape index (κ1) is 13.5. The molecule has 2 aliphatic carbocycles. The van der Waals surface area contributed by atoms with Crippen molar-refractivity contribution in [3.63, 3.8) is 0 Å². The molecule has 0 amide bonds. The molecule has 1 aromatic carbocycles. The number of hydrogen-bond acceptors (Lipinski definition) is 2. The van der Waals surface area contributed by atoms with Crippen LogP contribution < -0.4 is 5.32 Å². The SMILES string of the molecule is CNC1c2ccccc2CCC1SC1CCCCC1. The Labute approximate surface area is 121 Å². The zero-order valence-electron chi connectivity index (χ0n) is 11.9. The first-order valence-corrected chi connectivity index (χ1v) is 8.73. The van der Waals surface area contributed by atoms with Crippen LogP contribution in [-0.4, -0.2) is 17.5 Å². The summed E-state index contributed by atoms with van der Waals surface area (Å²) < 4.78 is 0. The van der Waals surface area contributed by atoms with Crippen LogP contribution in [-0.2, 0) is 6.42 Å². The van der Waals surface area contributed by atoms with Crippen LogP contribution in [0.1, 0.15) is 55.7 Å². The normalized spacial score (nSPS) is 28.1. The average Bonchev–Trinajstić information content (AvgIpc) is 2.48. The van der Waals surface area contributed by atoms with Gasteiger partial charge in [0.15, 0.2) is 0 Å². The number of benzene rings is 1. The van der Waals surface area contributed by atoms with E-state index < -0.39 is 0 Å². The third-order valence-corrected chi connectivity index (χ3v) is 6.40. The highest BCUT2D eigenvalue weighted by atomic mass is 32.2. The molecular formula is C17H25NS. The maximum Gasteiger partial charge on any atom is 0.0441 e. The highest BCUT2D eigenvalue weighted by Gasteiger charge is 2.30. The highest BCUT2D eigenvalue weighted by molar-refractivity contribution is 8.00. The van der Waals surface area contributed by atoms with Crippen LogP contribution in [0, 0.1) is 0 Å². The fourth-order valence-electron chi connectivity index (χ4n) is 3.67. The minimum atomic E-state index is 0.553. The number of hydrogen-bond donors (Lipinski definition) is 1. The summed E-state index contributed by atoms with van der Waals surface area (Å²) in [5.74, 6) is 0. The number of aryl methyl sites for hydroxylation is 1. The van der Waals surface area contributed by atoms with Crippen molar-refractivity contribution in [2.45, 2.75) is 61.5 Å². The van der Waals surface area contributed by atoms with Crippen LogP contribution in [0.15, 0.2) is 24.3 Å². The maximum atomic E-state index is 3.58. The van der Waals surface area contributed by atoms with Crippen molar-refractivity contribution in [2.75, 3.05) is 7.05 Å². The average molecular weight is 275 g/mol. The van der Waals surface area contributed by atoms with Gasteiger partial charge in [0.25, 0.3) is 0 Å². The largest absolute Gasteiger partial charge is 0.312 e. The summed E-state index contributed by atoms with van der Waals surface area (Å²) in [6.45, 7) is 0. The first-order valence-electron chi connectivity index (χ1n) is 7.79. The molecule has 0 bridgehead atoms. The van der Waals surface area contributed by atoms with Crippen LogP contribution in [0.4, 0.5) is 0 Å². The summed E-state index contributed by atoms with van der Waals surface area (Å²) in [5.41, 5.74) is 3.10. The number of fused-ring (bicyclic) bond motifs is 1. The van der Waals surface area contributed by atoms with Gasteiger partial charge in [-0.05, 0) is 43.9 Å². The number of rotatable bonds is 3. The van der Waals surface area contributed by atoms with Crippen molar-refractivity contribution in [2.24, 2.45) is 0 Å². The lowest BCUT2D eigenvalue weighted by Crippen LogP contribution is -2.33. The fourth-order valence-corrected chi connectivity index (χ4v) is 5.46. The number of thioether (sulfide) groups is 1. The molecule has 0 saturated heterocycles. The van der Waals surface area contributed by atoms with E-state index in [0.29, 0.717) is 6.04 Å². The molecule has 1 saturated carbocycles. The van der Waals surface area contributed by atoms with Crippen LogP contribution in [0.2, 0.25) is 0 Å². The van der Waals surface area contributed by atoms with Gasteiger partial charge in [-0.2, -0.15) is 11.8 Å². The van der Waals surface area contributed by atoms with E-state index in [0.717, 1.165) is 10.5 Å². The van der Waals surface area contributed by atoms with Crippen molar-refractivity contribution in [1.82, 2.24) is 5.32 Å². The monoisotopic (exact) mass is 275 g/mol. The molecule has 104 valence electrons. The van der Waals surface area contributed by atoms with Gasteiger partial charge in [-0.1, -0.05) is 43.5 Å². The predicted octanol–water partition coefficient (Wildman–Crippen LogP) is 4.33. The second kappa shape index (κ2) is 6.32. The number of nitrogens with one attached hydrogen (secondary N) is 1. The van der Waals surface area contributed by atoms with Gasteiger partial charge in [0.1, 0.15) is 0 Å². The van der Waals surface area contributed by atoms with Crippen molar-refractivity contribution in [3.8, 4) is 0 Å². The summed E-state index contributed by atoms with van der Waals surface area (Å²) in [5, 5.41) is 5.26. The van der Waals surface area contributed by atoms with Gasteiger partial charge in [0, 0.05) is 16.5 Å². The predicted molar refractivity (Wildman–Crippen MR) is 84.8 cm³/mol. The van der Waals surface area contributed by atoms with E-state index in [1.165, 1.54) is 44.9 Å². The van der Waals surface area contributed by atoms with Gasteiger partial charge < -0.3 is 5.32 Å². The Bertz CT molecular complexity index is 411. The summed E-state index contributed by atoms with van der Waals surface area (Å²) in [6.07, 6.45) is 9.84. The van der Waals surface area contributed by atoms with Gasteiger partial charge in [-0.3, -0.25) is 0 Å². The Kier molecular flexibility index (Phi) is 4.49. The van der Waals surface area contributed by atoms with Crippen LogP contribution >= 0.6 is 11.8 Å². The Morgan fingerprint density at radius 2 is 1.84 bits per heavy atom. The minimum absolute atomic E-state index is 0.553. The van der Waals surface area contributed by atoms with Gasteiger partial charge in [0.2, 0.25) is 0 Å². The topological polar surface area (TPSA) is 12.0 Å². The molecule has 2 heteroatoms. The minimum Gasteiger partial charge on any atom is -0.312 e. The van der Waals surface area contributed by atoms with Crippen molar-refractivity contribution in [1.29, 1.82) is 0 Å². The summed E-state index contributed by atoms with van der Waals surface area (Å²) in [4.78, 5) is 0. The third kappa shape index (κ3) is 3.00. The first-order chi connectivity index (χ1) is 9.38. The molecule has 0 aliphatic heterocycles. The molecule has 1 aromatic rings. The molecule has 3 rings (SSSR count). The standard InChI is InChI=1S/C17H25NS/c1-18-17-15-10-6-5-7-13(15)11-12-16(17)19-14-8-3-2-4-9-14/h5-7,10,14,16-18H,2-4,8-9,11-12H2,1H3. The van der Waals surface area contributed by atoms with E-state index in [-0.39, 0.29) is 0 Å². The molecule has 1 N–H and O–H groups in total. The molecule has 2 aliphatic rings. The van der Waals surface area contributed by atoms with E-state index in [4.69, 9.17) is 0 Å². The van der Waals surface area contributed by atoms with E-state index in [1.807, 2.05) is 0 Å². The van der Waals surface area contributed by atoms with E-state index in [9.17, 15) is 0 Å². The molecule has 0 spiro atoms. The van der Waals surface area contributed by atoms with E-state index in [2.05, 4.69) is 48.4 Å². The molecule has 0 heterocycles. The molecule has 1 nitrogen and oxygen atoms in total. The molecule has 0 radical (unpaired) electrons. The fraction of sp³-hybridized carbons (Fsp3) is 0.647. The second-order valence-corrected chi connectivity index (χ2v) is 7.48. The smallest absolute Gasteiger partial charge is 0.0441 e. The third-order valence-electron chi connectivity index (χ3n) is 4.69. The Balaban J connectivity index is 1.72. The van der Waals surface area contributed by atoms with Crippen LogP contribution in [0.25, 0.3) is 0 Å². The zero-order valence-corrected chi connectivity index (χ0v) is 12.7. The quantitative estimate of drug-likeness (QED) is 0.881. The van der Waals surface area contributed by atoms with Gasteiger partial charge in [-0.25, -0.2) is 0 Å². The van der Waals surface area contributed by atoms with Crippen molar-refractivity contribution < 1.29 is 0 Å². The van der Waals surface area contributed by atoms with Gasteiger partial charge in [0.05, 0.1) is 0 Å². The van der Waals surface area contributed by atoms with Crippen LogP contribution in [0.5, 0.6) is 0 Å². The Morgan fingerprint density at radius 3 is 2.63 bits per heavy atom. The summed E-state index contributed by atoms with van der Waals surface area (Å²) >= 11 is 2.28. The van der Waals surface area contributed by atoms with Gasteiger partial charge >= 0.3 is 0 Å². The van der Waals surface area contributed by atoms with Crippen molar-refractivity contribution >= 4 is 11.8 Å². The molecule has 0 aromatic heterocycles. The molecule has 2 unspecified atom stereocenters. The zero-order chi connectivity index (χ0) is 13.1. The van der Waals surface area contributed by atoms with Gasteiger partial charge in [-0.15, -0.1) is 0 Å². The lowest BCUT2D eigenvalue weighted by atomic mass is 9.87.